The lowest BCUT2D eigenvalue weighted by atomic mass is 9.60. The van der Waals surface area contributed by atoms with Gasteiger partial charge >= 0.3 is 0 Å². The Labute approximate surface area is 232 Å². The van der Waals surface area contributed by atoms with E-state index >= 15 is 0 Å². The lowest BCUT2D eigenvalue weighted by molar-refractivity contribution is 0.0631. The summed E-state index contributed by atoms with van der Waals surface area (Å²) in [4.78, 5) is 0. The van der Waals surface area contributed by atoms with Gasteiger partial charge in [-0.1, -0.05) is 113 Å². The maximum atomic E-state index is 4.60. The topological polar surface area (TPSA) is 0 Å². The highest BCUT2D eigenvalue weighted by molar-refractivity contribution is 5.44. The van der Waals surface area contributed by atoms with Crippen molar-refractivity contribution >= 4 is 0 Å². The number of rotatable bonds is 13. The molecule has 2 rings (SSSR count). The molecule has 0 aromatic carbocycles. The van der Waals surface area contributed by atoms with Gasteiger partial charge in [-0.15, -0.1) is 0 Å². The molecular weight excluding hydrogens is 444 g/mol. The van der Waals surface area contributed by atoms with Crippen LogP contribution in [0.5, 0.6) is 0 Å². The average molecular weight is 507 g/mol. The zero-order chi connectivity index (χ0) is 27.7. The van der Waals surface area contributed by atoms with Gasteiger partial charge in [-0.2, -0.15) is 0 Å². The second kappa shape index (κ2) is 15.3. The van der Waals surface area contributed by atoms with Crippen LogP contribution < -0.4 is 0 Å². The van der Waals surface area contributed by atoms with Crippen molar-refractivity contribution in [3.8, 4) is 0 Å². The molecule has 0 amide bonds. The van der Waals surface area contributed by atoms with Crippen LogP contribution in [0.2, 0.25) is 0 Å². The minimum Gasteiger partial charge on any atom is -0.0995 e. The molecule has 2 aliphatic carbocycles. The third-order valence-corrected chi connectivity index (χ3v) is 10.3. The van der Waals surface area contributed by atoms with Gasteiger partial charge in [0.25, 0.3) is 0 Å². The Bertz CT molecular complexity index is 852. The van der Waals surface area contributed by atoms with Gasteiger partial charge in [0.05, 0.1) is 0 Å². The Balaban J connectivity index is 2.44. The smallest absolute Gasteiger partial charge is 0.00707 e. The summed E-state index contributed by atoms with van der Waals surface area (Å²) in [5, 5.41) is 0. The van der Waals surface area contributed by atoms with Crippen molar-refractivity contribution in [3.05, 3.63) is 58.2 Å². The number of unbranched alkanes of at least 4 members (excludes halogenated alkanes) is 2. The molecule has 2 aliphatic rings. The Morgan fingerprint density at radius 2 is 1.62 bits per heavy atom. The predicted molar refractivity (Wildman–Crippen MR) is 168 cm³/mol. The van der Waals surface area contributed by atoms with Crippen LogP contribution in [-0.4, -0.2) is 0 Å². The van der Waals surface area contributed by atoms with Crippen LogP contribution in [0.25, 0.3) is 0 Å². The summed E-state index contributed by atoms with van der Waals surface area (Å²) in [6.45, 7) is 28.4. The fourth-order valence-electron chi connectivity index (χ4n) is 7.52. The van der Waals surface area contributed by atoms with Crippen molar-refractivity contribution in [2.24, 2.45) is 41.4 Å². The van der Waals surface area contributed by atoms with Crippen LogP contribution in [0.3, 0.4) is 0 Å². The summed E-state index contributed by atoms with van der Waals surface area (Å²) in [6.07, 6.45) is 20.3. The first-order valence-electron chi connectivity index (χ1n) is 15.9. The molecule has 0 saturated heterocycles. The molecule has 0 radical (unpaired) electrons. The van der Waals surface area contributed by atoms with Crippen LogP contribution in [-0.2, 0) is 0 Å². The summed E-state index contributed by atoms with van der Waals surface area (Å²) in [5.74, 6) is 5.29. The van der Waals surface area contributed by atoms with E-state index in [0.29, 0.717) is 11.8 Å². The molecule has 0 aliphatic heterocycles. The minimum atomic E-state index is 0.525. The zero-order valence-corrected chi connectivity index (χ0v) is 26.6. The first-order chi connectivity index (χ1) is 17.5. The third kappa shape index (κ3) is 8.86. The fourth-order valence-corrected chi connectivity index (χ4v) is 7.52. The highest BCUT2D eigenvalue weighted by Gasteiger charge is 2.39. The Morgan fingerprint density at radius 1 is 0.946 bits per heavy atom. The number of allylic oxidation sites excluding steroid dienone is 9. The van der Waals surface area contributed by atoms with Crippen molar-refractivity contribution in [2.75, 3.05) is 0 Å². The molecule has 0 nitrogen and oxygen atoms in total. The molecule has 1 fully saturated rings. The molecule has 4 unspecified atom stereocenters. The Morgan fingerprint density at radius 3 is 2.22 bits per heavy atom. The summed E-state index contributed by atoms with van der Waals surface area (Å²) in [7, 11) is 0. The standard InChI is InChI=1S/C37H62/c1-12-14-15-19-33-22-28(8)35(21-20-27(7)18-16-17-25(3)4)36(37(33)26(5)6)24-34-23-32(13-2)30(10)29(9)31(34)11/h17,20,22,29-34,37H,5,12-16,18-19,21,23-24H2,1-4,6-11H3/b27-20+/t29-,30?,31?,32-,33?,34-,37?/m0/s1. The highest BCUT2D eigenvalue weighted by atomic mass is 14.4. The van der Waals surface area contributed by atoms with Crippen LogP contribution in [0.1, 0.15) is 133 Å². The molecule has 0 aromatic heterocycles. The van der Waals surface area contributed by atoms with E-state index in [0.717, 1.165) is 42.4 Å². The van der Waals surface area contributed by atoms with Gasteiger partial charge in [-0.3, -0.25) is 0 Å². The first-order valence-corrected chi connectivity index (χ1v) is 15.9. The minimum absolute atomic E-state index is 0.525. The SMILES string of the molecule is C=C(C)C1C(C[C@@H]2C[C@H](CC)C(C)[C@H](C)C2C)=C(C/C=C(\C)CCC=C(C)C)C(C)=CC1CCCCC. The molecule has 210 valence electrons. The summed E-state index contributed by atoms with van der Waals surface area (Å²) in [6, 6.07) is 0. The van der Waals surface area contributed by atoms with E-state index in [9.17, 15) is 0 Å². The van der Waals surface area contributed by atoms with Gasteiger partial charge in [-0.25, -0.2) is 0 Å². The Kier molecular flexibility index (Phi) is 13.2. The fraction of sp³-hybridized carbons (Fsp3) is 0.730. The third-order valence-electron chi connectivity index (χ3n) is 10.3. The van der Waals surface area contributed by atoms with E-state index in [1.807, 2.05) is 0 Å². The van der Waals surface area contributed by atoms with Gasteiger partial charge in [0.1, 0.15) is 0 Å². The molecule has 0 aromatic rings. The quantitative estimate of drug-likeness (QED) is 0.172. The van der Waals surface area contributed by atoms with Crippen LogP contribution in [0, 0.1) is 41.4 Å². The van der Waals surface area contributed by atoms with Crippen molar-refractivity contribution in [2.45, 2.75) is 133 Å². The number of hydrogen-bond acceptors (Lipinski definition) is 0. The molecule has 1 saturated carbocycles. The second-order valence-corrected chi connectivity index (χ2v) is 13.4. The van der Waals surface area contributed by atoms with Crippen molar-refractivity contribution in [1.82, 2.24) is 0 Å². The lowest BCUT2D eigenvalue weighted by Crippen LogP contribution is -2.37. The van der Waals surface area contributed by atoms with Gasteiger partial charge < -0.3 is 0 Å². The normalized spacial score (nSPS) is 30.8. The molecule has 0 heteroatoms. The van der Waals surface area contributed by atoms with E-state index in [4.69, 9.17) is 0 Å². The largest absolute Gasteiger partial charge is 0.0995 e. The van der Waals surface area contributed by atoms with Crippen molar-refractivity contribution < 1.29 is 0 Å². The molecule has 0 heterocycles. The molecule has 7 atom stereocenters. The average Bonchev–Trinajstić information content (AvgIpc) is 2.83. The van der Waals surface area contributed by atoms with Crippen LogP contribution >= 0.6 is 0 Å². The lowest BCUT2D eigenvalue weighted by Gasteiger charge is -2.46. The maximum Gasteiger partial charge on any atom is 0.00707 e. The second-order valence-electron chi connectivity index (χ2n) is 13.4. The highest BCUT2D eigenvalue weighted by Crippen LogP contribution is 2.50. The van der Waals surface area contributed by atoms with E-state index in [-0.39, 0.29) is 0 Å². The zero-order valence-electron chi connectivity index (χ0n) is 26.6. The Hall–Kier alpha value is -1.30. The predicted octanol–water partition coefficient (Wildman–Crippen LogP) is 12.1. The summed E-state index contributed by atoms with van der Waals surface area (Å²) in [5.41, 5.74) is 9.31. The van der Waals surface area contributed by atoms with E-state index in [1.54, 1.807) is 16.7 Å². The van der Waals surface area contributed by atoms with E-state index in [1.165, 1.54) is 68.1 Å². The van der Waals surface area contributed by atoms with Crippen molar-refractivity contribution in [3.63, 3.8) is 0 Å². The van der Waals surface area contributed by atoms with Gasteiger partial charge in [0.2, 0.25) is 0 Å². The summed E-state index contributed by atoms with van der Waals surface area (Å²) >= 11 is 0. The first kappa shape index (κ1) is 31.9. The molecule has 0 bridgehead atoms. The van der Waals surface area contributed by atoms with Crippen molar-refractivity contribution in [1.29, 1.82) is 0 Å². The van der Waals surface area contributed by atoms with E-state index in [2.05, 4.69) is 94.0 Å². The maximum absolute atomic E-state index is 4.60. The van der Waals surface area contributed by atoms with Crippen LogP contribution in [0.4, 0.5) is 0 Å². The van der Waals surface area contributed by atoms with Gasteiger partial charge in [-0.05, 0) is 114 Å². The van der Waals surface area contributed by atoms with Gasteiger partial charge in [0.15, 0.2) is 0 Å². The molecule has 0 N–H and O–H groups in total. The monoisotopic (exact) mass is 506 g/mol. The van der Waals surface area contributed by atoms with Crippen LogP contribution in [0.15, 0.2) is 58.2 Å². The summed E-state index contributed by atoms with van der Waals surface area (Å²) < 4.78 is 0. The van der Waals surface area contributed by atoms with Gasteiger partial charge in [0, 0.05) is 5.92 Å². The molecular formula is C37H62. The molecule has 0 spiro atoms. The molecule has 37 heavy (non-hydrogen) atoms. The van der Waals surface area contributed by atoms with E-state index < -0.39 is 0 Å². The number of hydrogen-bond donors (Lipinski definition) is 0.